The molecule has 1 N–H and O–H groups in total. The van der Waals surface area contributed by atoms with Gasteiger partial charge in [-0.2, -0.15) is 0 Å². The van der Waals surface area contributed by atoms with Crippen LogP contribution in [0.2, 0.25) is 5.15 Å². The molecule has 2 heterocycles. The Balaban J connectivity index is 2.49. The standard InChI is InChI=1S/C11H15ClN2O3/c1-6-5-8(3-4-17-6)14-10(15)7(2)9(12)13-11(14)16/h6,8H,3-5H2,1-2H3,(H,13,16). The van der Waals surface area contributed by atoms with E-state index in [-0.39, 0.29) is 22.9 Å². The maximum absolute atomic E-state index is 12.0. The molecule has 0 aromatic carbocycles. The van der Waals surface area contributed by atoms with E-state index in [1.54, 1.807) is 6.92 Å². The molecule has 17 heavy (non-hydrogen) atoms. The monoisotopic (exact) mass is 258 g/mol. The summed E-state index contributed by atoms with van der Waals surface area (Å²) in [7, 11) is 0. The van der Waals surface area contributed by atoms with Crippen LogP contribution in [0.4, 0.5) is 0 Å². The Bertz CT molecular complexity index is 534. The molecule has 5 nitrogen and oxygen atoms in total. The second kappa shape index (κ2) is 4.66. The predicted molar refractivity (Wildman–Crippen MR) is 64.8 cm³/mol. The maximum atomic E-state index is 12.0. The fraction of sp³-hybridized carbons (Fsp3) is 0.636. The van der Waals surface area contributed by atoms with Crippen LogP contribution in [-0.2, 0) is 4.74 Å². The molecule has 0 bridgehead atoms. The molecule has 1 aliphatic rings. The maximum Gasteiger partial charge on any atom is 0.329 e. The van der Waals surface area contributed by atoms with E-state index >= 15 is 0 Å². The highest BCUT2D eigenvalue weighted by atomic mass is 35.5. The number of hydrogen-bond donors (Lipinski definition) is 1. The van der Waals surface area contributed by atoms with Gasteiger partial charge in [-0.05, 0) is 26.7 Å². The molecule has 2 rings (SSSR count). The first-order chi connectivity index (χ1) is 8.00. The van der Waals surface area contributed by atoms with Crippen molar-refractivity contribution < 1.29 is 4.74 Å². The summed E-state index contributed by atoms with van der Waals surface area (Å²) < 4.78 is 6.67. The van der Waals surface area contributed by atoms with Crippen molar-refractivity contribution >= 4 is 11.6 Å². The Morgan fingerprint density at radius 3 is 2.82 bits per heavy atom. The molecular weight excluding hydrogens is 244 g/mol. The van der Waals surface area contributed by atoms with Crippen LogP contribution >= 0.6 is 11.6 Å². The van der Waals surface area contributed by atoms with Crippen molar-refractivity contribution in [3.63, 3.8) is 0 Å². The first-order valence-electron chi connectivity index (χ1n) is 5.63. The molecule has 1 aromatic rings. The zero-order valence-electron chi connectivity index (χ0n) is 9.83. The van der Waals surface area contributed by atoms with Gasteiger partial charge < -0.3 is 4.74 Å². The van der Waals surface area contributed by atoms with E-state index in [2.05, 4.69) is 4.98 Å². The van der Waals surface area contributed by atoms with Gasteiger partial charge in [0.15, 0.2) is 0 Å². The molecular formula is C11H15ClN2O3. The summed E-state index contributed by atoms with van der Waals surface area (Å²) in [5.74, 6) is 0. The summed E-state index contributed by atoms with van der Waals surface area (Å²) in [4.78, 5) is 26.3. The number of rotatable bonds is 1. The molecule has 0 radical (unpaired) electrons. The molecule has 2 atom stereocenters. The van der Waals surface area contributed by atoms with Crippen molar-refractivity contribution in [2.24, 2.45) is 0 Å². The smallest absolute Gasteiger partial charge is 0.329 e. The Morgan fingerprint density at radius 2 is 2.18 bits per heavy atom. The molecule has 6 heteroatoms. The topological polar surface area (TPSA) is 64.1 Å². The van der Waals surface area contributed by atoms with Crippen LogP contribution in [0.3, 0.4) is 0 Å². The minimum Gasteiger partial charge on any atom is -0.378 e. The molecule has 0 saturated carbocycles. The van der Waals surface area contributed by atoms with Gasteiger partial charge in [0.2, 0.25) is 0 Å². The zero-order chi connectivity index (χ0) is 12.6. The van der Waals surface area contributed by atoms with Gasteiger partial charge in [0, 0.05) is 18.2 Å². The van der Waals surface area contributed by atoms with Crippen LogP contribution in [0.1, 0.15) is 31.4 Å². The molecule has 0 amide bonds. The van der Waals surface area contributed by atoms with Gasteiger partial charge in [0.05, 0.1) is 6.10 Å². The molecule has 1 saturated heterocycles. The van der Waals surface area contributed by atoms with Crippen LogP contribution in [0.5, 0.6) is 0 Å². The molecule has 2 unspecified atom stereocenters. The highest BCUT2D eigenvalue weighted by molar-refractivity contribution is 6.30. The number of nitrogens with zero attached hydrogens (tertiary/aromatic N) is 1. The number of ether oxygens (including phenoxy) is 1. The average Bonchev–Trinajstić information content (AvgIpc) is 2.26. The number of nitrogens with one attached hydrogen (secondary N) is 1. The largest absolute Gasteiger partial charge is 0.378 e. The minimum absolute atomic E-state index is 0.0658. The van der Waals surface area contributed by atoms with Crippen LogP contribution < -0.4 is 11.2 Å². The molecule has 1 aromatic heterocycles. The number of H-pyrrole nitrogens is 1. The van der Waals surface area contributed by atoms with Gasteiger partial charge in [-0.3, -0.25) is 14.3 Å². The van der Waals surface area contributed by atoms with E-state index < -0.39 is 5.69 Å². The van der Waals surface area contributed by atoms with Gasteiger partial charge in [0.25, 0.3) is 5.56 Å². The summed E-state index contributed by atoms with van der Waals surface area (Å²) in [5, 5.41) is 0.122. The predicted octanol–water partition coefficient (Wildman–Crippen LogP) is 1.24. The lowest BCUT2D eigenvalue weighted by Crippen LogP contribution is -2.42. The van der Waals surface area contributed by atoms with Crippen LogP contribution in [0.15, 0.2) is 9.59 Å². The lowest BCUT2D eigenvalue weighted by molar-refractivity contribution is 0.00436. The van der Waals surface area contributed by atoms with Gasteiger partial charge >= 0.3 is 5.69 Å². The van der Waals surface area contributed by atoms with Crippen LogP contribution in [0.25, 0.3) is 0 Å². The number of aromatic amines is 1. The quantitative estimate of drug-likeness (QED) is 0.771. The average molecular weight is 259 g/mol. The Morgan fingerprint density at radius 1 is 1.47 bits per heavy atom. The number of halogens is 1. The van der Waals surface area contributed by atoms with Crippen molar-refractivity contribution in [2.75, 3.05) is 6.61 Å². The van der Waals surface area contributed by atoms with Crippen LogP contribution in [-0.4, -0.2) is 22.3 Å². The van der Waals surface area contributed by atoms with Gasteiger partial charge in [-0.15, -0.1) is 0 Å². The second-order valence-electron chi connectivity index (χ2n) is 4.40. The van der Waals surface area contributed by atoms with Crippen molar-refractivity contribution in [3.8, 4) is 0 Å². The highest BCUT2D eigenvalue weighted by Gasteiger charge is 2.24. The Labute approximate surface area is 103 Å². The zero-order valence-corrected chi connectivity index (χ0v) is 10.6. The Kier molecular flexibility index (Phi) is 3.40. The van der Waals surface area contributed by atoms with E-state index in [0.717, 1.165) is 0 Å². The van der Waals surface area contributed by atoms with Crippen molar-refractivity contribution in [1.29, 1.82) is 0 Å². The third kappa shape index (κ3) is 2.30. The van der Waals surface area contributed by atoms with Crippen molar-refractivity contribution in [2.45, 2.75) is 38.8 Å². The van der Waals surface area contributed by atoms with Gasteiger partial charge in [-0.25, -0.2) is 4.79 Å². The van der Waals surface area contributed by atoms with E-state index in [0.29, 0.717) is 25.0 Å². The van der Waals surface area contributed by atoms with Crippen molar-refractivity contribution in [1.82, 2.24) is 9.55 Å². The summed E-state index contributed by atoms with van der Waals surface area (Å²) in [6.07, 6.45) is 1.41. The van der Waals surface area contributed by atoms with E-state index in [1.807, 2.05) is 6.92 Å². The molecule has 1 aliphatic heterocycles. The normalized spacial score (nSPS) is 24.9. The minimum atomic E-state index is -0.440. The van der Waals surface area contributed by atoms with E-state index in [4.69, 9.17) is 16.3 Å². The number of aromatic nitrogens is 2. The fourth-order valence-corrected chi connectivity index (χ4v) is 2.32. The SMILES string of the molecule is Cc1c(Cl)[nH]c(=O)n(C2CCOC(C)C2)c1=O. The highest BCUT2D eigenvalue weighted by Crippen LogP contribution is 2.22. The second-order valence-corrected chi connectivity index (χ2v) is 4.78. The third-order valence-electron chi connectivity index (χ3n) is 3.13. The molecule has 94 valence electrons. The Hall–Kier alpha value is -1.07. The van der Waals surface area contributed by atoms with Crippen LogP contribution in [0, 0.1) is 6.92 Å². The summed E-state index contributed by atoms with van der Waals surface area (Å²) >= 11 is 5.77. The van der Waals surface area contributed by atoms with Crippen molar-refractivity contribution in [3.05, 3.63) is 31.6 Å². The van der Waals surface area contributed by atoms with E-state index in [1.165, 1.54) is 4.57 Å². The first kappa shape index (κ1) is 12.4. The lowest BCUT2D eigenvalue weighted by atomic mass is 10.0. The summed E-state index contributed by atoms with van der Waals surface area (Å²) in [6.45, 7) is 4.12. The van der Waals surface area contributed by atoms with Gasteiger partial charge in [0.1, 0.15) is 5.15 Å². The molecule has 1 fully saturated rings. The fourth-order valence-electron chi connectivity index (χ4n) is 2.16. The first-order valence-corrected chi connectivity index (χ1v) is 6.01. The summed E-state index contributed by atoms with van der Waals surface area (Å²) in [5.41, 5.74) is -0.368. The third-order valence-corrected chi connectivity index (χ3v) is 3.50. The lowest BCUT2D eigenvalue weighted by Gasteiger charge is -2.28. The van der Waals surface area contributed by atoms with E-state index in [9.17, 15) is 9.59 Å². The van der Waals surface area contributed by atoms with Gasteiger partial charge in [-0.1, -0.05) is 11.6 Å². The number of hydrogen-bond acceptors (Lipinski definition) is 3. The molecule has 0 aliphatic carbocycles. The molecule has 0 spiro atoms. The summed E-state index contributed by atoms with van der Waals surface area (Å²) in [6, 6.07) is -0.106.